The second kappa shape index (κ2) is 11.2. The molecule has 4 aliphatic rings. The third-order valence-electron chi connectivity index (χ3n) is 9.64. The molecule has 0 saturated heterocycles. The molecule has 0 bridgehead atoms. The standard InChI is InChI=1S/C26H37F9O/c1-12-2-4-13(5-3-12)14-6-17(27)23(18(28)7-14)15-8-19(29)24(20(30)9-15)16-10-21(31)25(22(32)11-16)36-26(33,34)35/h12-25H,2-11H2,1H3. The smallest absolute Gasteiger partial charge is 0.282 e. The molecule has 0 spiro atoms. The first-order valence-corrected chi connectivity index (χ1v) is 13.4. The van der Waals surface area contributed by atoms with E-state index in [1.165, 1.54) is 0 Å². The molecule has 1 nitrogen and oxygen atoms in total. The Morgan fingerprint density at radius 2 is 0.861 bits per heavy atom. The number of halogens is 9. The zero-order valence-corrected chi connectivity index (χ0v) is 20.5. The lowest BCUT2D eigenvalue weighted by Crippen LogP contribution is -2.52. The molecule has 36 heavy (non-hydrogen) atoms. The van der Waals surface area contributed by atoms with E-state index in [2.05, 4.69) is 11.7 Å². The number of hydrogen-bond acceptors (Lipinski definition) is 1. The summed E-state index contributed by atoms with van der Waals surface area (Å²) >= 11 is 0. The maximum atomic E-state index is 15.3. The molecule has 0 amide bonds. The predicted molar refractivity (Wildman–Crippen MR) is 117 cm³/mol. The first-order chi connectivity index (χ1) is 16.8. The molecule has 4 fully saturated rings. The topological polar surface area (TPSA) is 9.23 Å². The molecule has 0 radical (unpaired) electrons. The average molecular weight is 537 g/mol. The highest BCUT2D eigenvalue weighted by atomic mass is 19.4. The third kappa shape index (κ3) is 6.31. The molecule has 10 heteroatoms. The molecule has 6 atom stereocenters. The van der Waals surface area contributed by atoms with Gasteiger partial charge >= 0.3 is 6.36 Å². The van der Waals surface area contributed by atoms with E-state index >= 15 is 17.6 Å². The summed E-state index contributed by atoms with van der Waals surface area (Å²) < 4.78 is 131. The average Bonchev–Trinajstić information content (AvgIpc) is 2.75. The molecule has 4 rings (SSSR count). The highest BCUT2D eigenvalue weighted by Gasteiger charge is 2.54. The van der Waals surface area contributed by atoms with Gasteiger partial charge in [0.15, 0.2) is 0 Å². The Labute approximate surface area is 206 Å². The van der Waals surface area contributed by atoms with Gasteiger partial charge in [-0.2, -0.15) is 0 Å². The Hall–Kier alpha value is -0.670. The van der Waals surface area contributed by atoms with Crippen molar-refractivity contribution in [2.45, 2.75) is 121 Å². The normalized spacial score (nSPS) is 51.2. The van der Waals surface area contributed by atoms with Gasteiger partial charge < -0.3 is 0 Å². The van der Waals surface area contributed by atoms with E-state index in [9.17, 15) is 22.0 Å². The lowest BCUT2D eigenvalue weighted by molar-refractivity contribution is -0.358. The number of hydrogen-bond donors (Lipinski definition) is 0. The van der Waals surface area contributed by atoms with Crippen molar-refractivity contribution in [2.24, 2.45) is 41.4 Å². The Kier molecular flexibility index (Phi) is 8.82. The monoisotopic (exact) mass is 536 g/mol. The van der Waals surface area contributed by atoms with Crippen molar-refractivity contribution in [3.63, 3.8) is 0 Å². The molecule has 0 aromatic rings. The van der Waals surface area contributed by atoms with Gasteiger partial charge in [-0.3, -0.25) is 4.74 Å². The molecule has 0 aromatic carbocycles. The van der Waals surface area contributed by atoms with E-state index in [0.29, 0.717) is 5.92 Å². The maximum Gasteiger partial charge on any atom is 0.522 e. The highest BCUT2D eigenvalue weighted by Crippen LogP contribution is 2.51. The zero-order chi connectivity index (χ0) is 26.4. The number of rotatable bonds is 4. The fraction of sp³-hybridized carbons (Fsp3) is 1.00. The minimum atomic E-state index is -5.23. The Bertz CT molecular complexity index is 676. The SMILES string of the molecule is CC1CCC(C2CC(F)C(C3CC(F)C(C4CC(F)C(OC(F)(F)F)C(F)C4)C(F)C3)C(F)C2)CC1. The van der Waals surface area contributed by atoms with E-state index < -0.39 is 86.0 Å². The summed E-state index contributed by atoms with van der Waals surface area (Å²) in [6, 6.07) is 0. The minimum Gasteiger partial charge on any atom is -0.282 e. The van der Waals surface area contributed by atoms with E-state index in [1.807, 2.05) is 0 Å². The van der Waals surface area contributed by atoms with E-state index in [-0.39, 0.29) is 37.5 Å². The van der Waals surface area contributed by atoms with Crippen LogP contribution >= 0.6 is 0 Å². The second-order valence-electron chi connectivity index (χ2n) is 12.0. The summed E-state index contributed by atoms with van der Waals surface area (Å²) in [6.07, 6.45) is -16.6. The Morgan fingerprint density at radius 3 is 1.25 bits per heavy atom. The van der Waals surface area contributed by atoms with Crippen LogP contribution in [0.5, 0.6) is 0 Å². The van der Waals surface area contributed by atoms with E-state index in [0.717, 1.165) is 25.7 Å². The van der Waals surface area contributed by atoms with Gasteiger partial charge in [-0.1, -0.05) is 19.8 Å². The fourth-order valence-electron chi connectivity index (χ4n) is 7.85. The van der Waals surface area contributed by atoms with Crippen LogP contribution in [0.2, 0.25) is 0 Å². The van der Waals surface area contributed by atoms with Crippen molar-refractivity contribution in [1.82, 2.24) is 0 Å². The third-order valence-corrected chi connectivity index (χ3v) is 9.64. The van der Waals surface area contributed by atoms with Crippen molar-refractivity contribution >= 4 is 0 Å². The molecule has 4 aliphatic carbocycles. The van der Waals surface area contributed by atoms with Crippen LogP contribution in [-0.2, 0) is 4.74 Å². The Balaban J connectivity index is 1.35. The van der Waals surface area contributed by atoms with Crippen LogP contribution in [0.4, 0.5) is 39.5 Å². The van der Waals surface area contributed by atoms with Gasteiger partial charge in [0.2, 0.25) is 0 Å². The van der Waals surface area contributed by atoms with Gasteiger partial charge in [-0.25, -0.2) is 26.3 Å². The first-order valence-electron chi connectivity index (χ1n) is 13.4. The van der Waals surface area contributed by atoms with Gasteiger partial charge in [0.1, 0.15) is 43.1 Å². The van der Waals surface area contributed by atoms with Crippen LogP contribution in [0.15, 0.2) is 0 Å². The van der Waals surface area contributed by atoms with Crippen molar-refractivity contribution in [1.29, 1.82) is 0 Å². The summed E-state index contributed by atoms with van der Waals surface area (Å²) in [7, 11) is 0. The van der Waals surface area contributed by atoms with Crippen LogP contribution < -0.4 is 0 Å². The van der Waals surface area contributed by atoms with Crippen molar-refractivity contribution in [3.05, 3.63) is 0 Å². The van der Waals surface area contributed by atoms with Crippen LogP contribution in [-0.4, -0.2) is 49.5 Å². The molecule has 4 saturated carbocycles. The number of ether oxygens (including phenoxy) is 1. The lowest BCUT2D eigenvalue weighted by Gasteiger charge is -2.47. The molecule has 0 aromatic heterocycles. The molecule has 0 aliphatic heterocycles. The fourth-order valence-corrected chi connectivity index (χ4v) is 7.85. The van der Waals surface area contributed by atoms with Crippen molar-refractivity contribution < 1.29 is 44.3 Å². The van der Waals surface area contributed by atoms with E-state index in [4.69, 9.17) is 0 Å². The van der Waals surface area contributed by atoms with Gasteiger partial charge in [0.05, 0.1) is 0 Å². The van der Waals surface area contributed by atoms with Gasteiger partial charge in [-0.15, -0.1) is 13.2 Å². The summed E-state index contributed by atoms with van der Waals surface area (Å²) in [5, 5.41) is 0. The van der Waals surface area contributed by atoms with Crippen molar-refractivity contribution in [3.8, 4) is 0 Å². The van der Waals surface area contributed by atoms with Gasteiger partial charge in [0, 0.05) is 11.8 Å². The predicted octanol–water partition coefficient (Wildman–Crippen LogP) is 8.21. The quantitative estimate of drug-likeness (QED) is 0.329. The van der Waals surface area contributed by atoms with Gasteiger partial charge in [-0.05, 0) is 81.0 Å². The van der Waals surface area contributed by atoms with E-state index in [1.54, 1.807) is 0 Å². The number of alkyl halides is 9. The Morgan fingerprint density at radius 1 is 0.500 bits per heavy atom. The van der Waals surface area contributed by atoms with Crippen LogP contribution in [0.3, 0.4) is 0 Å². The van der Waals surface area contributed by atoms with Crippen LogP contribution in [0, 0.1) is 41.4 Å². The summed E-state index contributed by atoms with van der Waals surface area (Å²) in [4.78, 5) is 0. The zero-order valence-electron chi connectivity index (χ0n) is 20.5. The molecule has 210 valence electrons. The minimum absolute atomic E-state index is 0.0745. The van der Waals surface area contributed by atoms with Crippen LogP contribution in [0.1, 0.15) is 71.1 Å². The summed E-state index contributed by atoms with van der Waals surface area (Å²) in [6.45, 7) is 2.17. The molecule has 0 N–H and O–H groups in total. The lowest BCUT2D eigenvalue weighted by atomic mass is 9.61. The van der Waals surface area contributed by atoms with Gasteiger partial charge in [0.25, 0.3) is 0 Å². The molecular weight excluding hydrogens is 499 g/mol. The maximum absolute atomic E-state index is 15.3. The largest absolute Gasteiger partial charge is 0.522 e. The molecule has 0 heterocycles. The highest BCUT2D eigenvalue weighted by molar-refractivity contribution is 5.01. The molecular formula is C26H37F9O. The second-order valence-corrected chi connectivity index (χ2v) is 12.0. The van der Waals surface area contributed by atoms with Crippen LogP contribution in [0.25, 0.3) is 0 Å². The summed E-state index contributed by atoms with van der Waals surface area (Å²) in [5.41, 5.74) is 0. The summed E-state index contributed by atoms with van der Waals surface area (Å²) in [5.74, 6) is -3.73. The van der Waals surface area contributed by atoms with Crippen molar-refractivity contribution in [2.75, 3.05) is 0 Å². The first kappa shape index (κ1) is 28.3. The molecule has 6 unspecified atom stereocenters.